The van der Waals surface area contributed by atoms with Crippen molar-refractivity contribution in [3.05, 3.63) is 40.9 Å². The zero-order valence-corrected chi connectivity index (χ0v) is 11.6. The van der Waals surface area contributed by atoms with E-state index in [9.17, 15) is 4.79 Å². The molecule has 1 aromatic heterocycles. The van der Waals surface area contributed by atoms with Gasteiger partial charge in [-0.3, -0.25) is 4.79 Å². The van der Waals surface area contributed by atoms with Crippen molar-refractivity contribution >= 4 is 22.4 Å². The van der Waals surface area contributed by atoms with Crippen LogP contribution in [-0.4, -0.2) is 25.0 Å². The highest BCUT2D eigenvalue weighted by molar-refractivity contribution is 7.13. The molecule has 5 nitrogen and oxygen atoms in total. The molecule has 0 unspecified atom stereocenters. The molecule has 1 aromatic carbocycles. The Labute approximate surface area is 115 Å². The number of aromatic nitrogens is 1. The molecule has 0 aliphatic heterocycles. The van der Waals surface area contributed by atoms with Crippen LogP contribution in [0.4, 0.5) is 5.13 Å². The summed E-state index contributed by atoms with van der Waals surface area (Å²) >= 11 is 1.51. The summed E-state index contributed by atoms with van der Waals surface area (Å²) in [5, 5.41) is 8.55. The van der Waals surface area contributed by atoms with Gasteiger partial charge in [-0.15, -0.1) is 11.3 Å². The van der Waals surface area contributed by atoms with E-state index in [2.05, 4.69) is 15.6 Å². The number of hydrogen-bond donors (Lipinski definition) is 2. The number of methoxy groups -OCH3 is 1. The first-order valence-corrected chi connectivity index (χ1v) is 6.65. The van der Waals surface area contributed by atoms with E-state index in [1.54, 1.807) is 31.4 Å². The van der Waals surface area contributed by atoms with E-state index in [0.29, 0.717) is 12.1 Å². The quantitative estimate of drug-likeness (QED) is 0.878. The van der Waals surface area contributed by atoms with Gasteiger partial charge in [-0.25, -0.2) is 4.98 Å². The highest BCUT2D eigenvalue weighted by Gasteiger charge is 2.06. The van der Waals surface area contributed by atoms with Crippen LogP contribution in [0, 0.1) is 0 Å². The smallest absolute Gasteiger partial charge is 0.251 e. The summed E-state index contributed by atoms with van der Waals surface area (Å²) in [7, 11) is 3.41. The summed E-state index contributed by atoms with van der Waals surface area (Å²) in [6.07, 6.45) is 0. The number of nitrogens with one attached hydrogen (secondary N) is 2. The van der Waals surface area contributed by atoms with Gasteiger partial charge in [0.15, 0.2) is 5.13 Å². The molecule has 1 heterocycles. The van der Waals surface area contributed by atoms with E-state index in [1.165, 1.54) is 11.3 Å². The maximum Gasteiger partial charge on any atom is 0.251 e. The number of rotatable bonds is 5. The van der Waals surface area contributed by atoms with E-state index in [0.717, 1.165) is 16.6 Å². The van der Waals surface area contributed by atoms with E-state index in [-0.39, 0.29) is 5.91 Å². The van der Waals surface area contributed by atoms with E-state index < -0.39 is 0 Å². The standard InChI is InChI=1S/C13H15N3O2S/c1-14-13-16-10(8-19-13)7-15-12(17)9-3-5-11(18-2)6-4-9/h3-6,8H,7H2,1-2H3,(H,14,16)(H,15,17). The molecule has 0 aliphatic rings. The first-order valence-electron chi connectivity index (χ1n) is 5.77. The van der Waals surface area contributed by atoms with Gasteiger partial charge in [0.2, 0.25) is 0 Å². The number of thiazole rings is 1. The van der Waals surface area contributed by atoms with Crippen LogP contribution in [-0.2, 0) is 6.54 Å². The lowest BCUT2D eigenvalue weighted by molar-refractivity contribution is 0.0950. The van der Waals surface area contributed by atoms with Gasteiger partial charge in [0.25, 0.3) is 5.91 Å². The molecule has 0 spiro atoms. The fourth-order valence-corrected chi connectivity index (χ4v) is 2.19. The van der Waals surface area contributed by atoms with Crippen LogP contribution in [0.15, 0.2) is 29.6 Å². The molecule has 0 aliphatic carbocycles. The summed E-state index contributed by atoms with van der Waals surface area (Å²) in [5.41, 5.74) is 1.45. The average Bonchev–Trinajstić information content (AvgIpc) is 2.93. The van der Waals surface area contributed by atoms with Crippen molar-refractivity contribution in [1.29, 1.82) is 0 Å². The molecule has 19 heavy (non-hydrogen) atoms. The lowest BCUT2D eigenvalue weighted by atomic mass is 10.2. The second-order valence-corrected chi connectivity index (χ2v) is 4.66. The zero-order chi connectivity index (χ0) is 13.7. The summed E-state index contributed by atoms with van der Waals surface area (Å²) in [6.45, 7) is 0.420. The molecule has 2 rings (SSSR count). The second-order valence-electron chi connectivity index (χ2n) is 3.81. The normalized spacial score (nSPS) is 10.0. The zero-order valence-electron chi connectivity index (χ0n) is 10.8. The molecular formula is C13H15N3O2S. The van der Waals surface area contributed by atoms with Crippen molar-refractivity contribution in [1.82, 2.24) is 10.3 Å². The number of hydrogen-bond acceptors (Lipinski definition) is 5. The fraction of sp³-hybridized carbons (Fsp3) is 0.231. The van der Waals surface area contributed by atoms with Crippen molar-refractivity contribution in [3.8, 4) is 5.75 Å². The third-order valence-electron chi connectivity index (χ3n) is 2.55. The van der Waals surface area contributed by atoms with Gasteiger partial charge in [-0.2, -0.15) is 0 Å². The number of ether oxygens (including phenoxy) is 1. The van der Waals surface area contributed by atoms with Gasteiger partial charge in [-0.05, 0) is 24.3 Å². The Morgan fingerprint density at radius 3 is 2.68 bits per heavy atom. The lowest BCUT2D eigenvalue weighted by Gasteiger charge is -2.04. The molecule has 0 saturated heterocycles. The first kappa shape index (κ1) is 13.4. The fourth-order valence-electron chi connectivity index (χ4n) is 1.52. The summed E-state index contributed by atoms with van der Waals surface area (Å²) in [4.78, 5) is 16.2. The van der Waals surface area contributed by atoms with Crippen LogP contribution in [0.25, 0.3) is 0 Å². The maximum absolute atomic E-state index is 11.9. The minimum absolute atomic E-state index is 0.123. The van der Waals surface area contributed by atoms with Crippen LogP contribution in [0.2, 0.25) is 0 Å². The number of carbonyl (C=O) groups is 1. The van der Waals surface area contributed by atoms with Crippen molar-refractivity contribution in [3.63, 3.8) is 0 Å². The summed E-state index contributed by atoms with van der Waals surface area (Å²) in [6, 6.07) is 6.98. The van der Waals surface area contributed by atoms with Crippen LogP contribution in [0.1, 0.15) is 16.1 Å². The third kappa shape index (κ3) is 3.45. The van der Waals surface area contributed by atoms with Gasteiger partial charge in [0.05, 0.1) is 19.3 Å². The number of anilines is 1. The molecule has 0 fully saturated rings. The van der Waals surface area contributed by atoms with Gasteiger partial charge in [0.1, 0.15) is 5.75 Å². The number of benzene rings is 1. The molecule has 6 heteroatoms. The topological polar surface area (TPSA) is 63.2 Å². The molecular weight excluding hydrogens is 262 g/mol. The Balaban J connectivity index is 1.93. The minimum Gasteiger partial charge on any atom is -0.497 e. The maximum atomic E-state index is 11.9. The van der Waals surface area contributed by atoms with Gasteiger partial charge >= 0.3 is 0 Å². The summed E-state index contributed by atoms with van der Waals surface area (Å²) < 4.78 is 5.05. The SMILES string of the molecule is CNc1nc(CNC(=O)c2ccc(OC)cc2)cs1. The van der Waals surface area contributed by atoms with E-state index in [1.807, 2.05) is 12.4 Å². The Morgan fingerprint density at radius 1 is 1.37 bits per heavy atom. The van der Waals surface area contributed by atoms with Gasteiger partial charge < -0.3 is 15.4 Å². The molecule has 2 N–H and O–H groups in total. The first-order chi connectivity index (χ1) is 9.22. The molecule has 0 atom stereocenters. The van der Waals surface area contributed by atoms with Crippen LogP contribution in [0.5, 0.6) is 5.75 Å². The second kappa shape index (κ2) is 6.19. The average molecular weight is 277 g/mol. The molecule has 100 valence electrons. The van der Waals surface area contributed by atoms with Gasteiger partial charge in [-0.1, -0.05) is 0 Å². The monoisotopic (exact) mass is 277 g/mol. The van der Waals surface area contributed by atoms with E-state index in [4.69, 9.17) is 4.74 Å². The molecule has 1 amide bonds. The minimum atomic E-state index is -0.123. The largest absolute Gasteiger partial charge is 0.497 e. The van der Waals surface area contributed by atoms with Crippen LogP contribution >= 0.6 is 11.3 Å². The Kier molecular flexibility index (Phi) is 4.35. The molecule has 2 aromatic rings. The van der Waals surface area contributed by atoms with Crippen molar-refractivity contribution < 1.29 is 9.53 Å². The predicted molar refractivity (Wildman–Crippen MR) is 75.8 cm³/mol. The van der Waals surface area contributed by atoms with E-state index >= 15 is 0 Å². The number of amides is 1. The predicted octanol–water partition coefficient (Wildman–Crippen LogP) is 2.12. The van der Waals surface area contributed by atoms with Crippen molar-refractivity contribution in [2.45, 2.75) is 6.54 Å². The lowest BCUT2D eigenvalue weighted by Crippen LogP contribution is -2.22. The Hall–Kier alpha value is -2.08. The highest BCUT2D eigenvalue weighted by Crippen LogP contribution is 2.14. The highest BCUT2D eigenvalue weighted by atomic mass is 32.1. The summed E-state index contributed by atoms with van der Waals surface area (Å²) in [5.74, 6) is 0.608. The Morgan fingerprint density at radius 2 is 2.11 bits per heavy atom. The van der Waals surface area contributed by atoms with Crippen molar-refractivity contribution in [2.24, 2.45) is 0 Å². The molecule has 0 bridgehead atoms. The number of nitrogens with zero attached hydrogens (tertiary/aromatic N) is 1. The molecule has 0 radical (unpaired) electrons. The molecule has 0 saturated carbocycles. The Bertz CT molecular complexity index is 551. The third-order valence-corrected chi connectivity index (χ3v) is 3.46. The number of carbonyl (C=O) groups excluding carboxylic acids is 1. The van der Waals surface area contributed by atoms with Crippen molar-refractivity contribution in [2.75, 3.05) is 19.5 Å². The van der Waals surface area contributed by atoms with Gasteiger partial charge in [0, 0.05) is 18.0 Å². The van der Waals surface area contributed by atoms with Crippen LogP contribution < -0.4 is 15.4 Å². The van der Waals surface area contributed by atoms with Crippen LogP contribution in [0.3, 0.4) is 0 Å².